The summed E-state index contributed by atoms with van der Waals surface area (Å²) in [6.07, 6.45) is 0.229. The number of ether oxygens (including phenoxy) is 2. The molecule has 0 aromatic heterocycles. The molecule has 3 amide bonds. The number of carbonyl (C=O) groups is 4. The Kier molecular flexibility index (Phi) is 10.7. The van der Waals surface area contributed by atoms with Crippen LogP contribution in [0, 0.1) is 5.92 Å². The van der Waals surface area contributed by atoms with Crippen LogP contribution in [0.4, 0.5) is 9.59 Å². The van der Waals surface area contributed by atoms with Crippen molar-refractivity contribution in [3.8, 4) is 0 Å². The Labute approximate surface area is 226 Å². The Hall–Kier alpha value is -2.41. The predicted octanol–water partition coefficient (Wildman–Crippen LogP) is 3.84. The van der Waals surface area contributed by atoms with Gasteiger partial charge in [0.15, 0.2) is 0 Å². The first-order chi connectivity index (χ1) is 17.0. The molecule has 2 rings (SSSR count). The zero-order valence-corrected chi connectivity index (χ0v) is 24.1. The number of nitrogens with one attached hydrogen (secondary N) is 3. The second kappa shape index (κ2) is 12.9. The zero-order chi connectivity index (χ0) is 28.0. The molecule has 0 bridgehead atoms. The number of nitrogens with zero attached hydrogens (tertiary/aromatic N) is 1. The molecule has 1 heterocycles. The van der Waals surface area contributed by atoms with Gasteiger partial charge in [-0.25, -0.2) is 19.4 Å². The average Bonchev–Trinajstić information content (AvgIpc) is 3.12. The zero-order valence-electron chi connectivity index (χ0n) is 22.4. The van der Waals surface area contributed by atoms with Crippen molar-refractivity contribution in [1.29, 1.82) is 0 Å². The van der Waals surface area contributed by atoms with Crippen LogP contribution >= 0.6 is 23.5 Å². The Balaban J connectivity index is 2.45. The van der Waals surface area contributed by atoms with Gasteiger partial charge in [0.05, 0.1) is 6.04 Å². The molecule has 0 aromatic carbocycles. The maximum Gasteiger partial charge on any atom is 0.414 e. The molecule has 2 aliphatic rings. The molecule has 2 fully saturated rings. The molecular weight excluding hydrogens is 520 g/mol. The van der Waals surface area contributed by atoms with Gasteiger partial charge in [-0.15, -0.1) is 23.5 Å². The summed E-state index contributed by atoms with van der Waals surface area (Å²) in [4.78, 5) is 53.6. The number of carboxylic acids is 1. The SMILES string of the molecule is CC(=O)NC(C(=O)O)C1CC(=C2SCCCS2)CC1N=C(NC(=O)OC(C)(C)C)NC(=O)OC(C)(C)C. The molecule has 208 valence electrons. The normalized spacial score (nSPS) is 20.9. The van der Waals surface area contributed by atoms with E-state index in [1.165, 1.54) is 6.92 Å². The van der Waals surface area contributed by atoms with Gasteiger partial charge in [-0.05, 0) is 77.9 Å². The van der Waals surface area contributed by atoms with Gasteiger partial charge in [-0.2, -0.15) is 0 Å². The number of carbonyl (C=O) groups excluding carboxylic acids is 3. The van der Waals surface area contributed by atoms with Crippen molar-refractivity contribution in [2.45, 2.75) is 91.0 Å². The highest BCUT2D eigenvalue weighted by Gasteiger charge is 2.42. The first-order valence-corrected chi connectivity index (χ1v) is 14.1. The fraction of sp³-hybridized carbons (Fsp3) is 0.708. The van der Waals surface area contributed by atoms with Gasteiger partial charge in [0.1, 0.15) is 17.2 Å². The van der Waals surface area contributed by atoms with E-state index in [2.05, 4.69) is 20.9 Å². The van der Waals surface area contributed by atoms with E-state index in [0.717, 1.165) is 27.7 Å². The first kappa shape index (κ1) is 30.8. The summed E-state index contributed by atoms with van der Waals surface area (Å²) in [5, 5.41) is 17.3. The maximum absolute atomic E-state index is 12.5. The third-order valence-corrected chi connectivity index (χ3v) is 7.86. The predicted molar refractivity (Wildman–Crippen MR) is 144 cm³/mol. The van der Waals surface area contributed by atoms with Gasteiger partial charge in [-0.3, -0.25) is 15.4 Å². The molecule has 13 heteroatoms. The number of alkyl carbamates (subject to hydrolysis) is 2. The van der Waals surface area contributed by atoms with Crippen LogP contribution in [0.3, 0.4) is 0 Å². The number of aliphatic carboxylic acids is 1. The summed E-state index contributed by atoms with van der Waals surface area (Å²) in [5.41, 5.74) is -0.549. The Morgan fingerprint density at radius 1 is 0.946 bits per heavy atom. The van der Waals surface area contributed by atoms with Crippen molar-refractivity contribution in [2.24, 2.45) is 10.9 Å². The second-order valence-corrected chi connectivity index (χ2v) is 13.3. The Morgan fingerprint density at radius 3 is 1.89 bits per heavy atom. The van der Waals surface area contributed by atoms with Crippen LogP contribution in [0.25, 0.3) is 0 Å². The van der Waals surface area contributed by atoms with Crippen molar-refractivity contribution in [1.82, 2.24) is 16.0 Å². The van der Waals surface area contributed by atoms with Gasteiger partial charge < -0.3 is 19.9 Å². The molecule has 0 aromatic rings. The first-order valence-electron chi connectivity index (χ1n) is 12.1. The Bertz CT molecular complexity index is 914. The van der Waals surface area contributed by atoms with Gasteiger partial charge in [0.2, 0.25) is 11.9 Å². The van der Waals surface area contributed by atoms with Crippen LogP contribution in [0.5, 0.6) is 0 Å². The molecule has 3 atom stereocenters. The highest BCUT2D eigenvalue weighted by Crippen LogP contribution is 2.45. The van der Waals surface area contributed by atoms with Crippen molar-refractivity contribution in [3.05, 3.63) is 9.81 Å². The number of hydrogen-bond donors (Lipinski definition) is 4. The van der Waals surface area contributed by atoms with E-state index in [-0.39, 0.29) is 5.96 Å². The summed E-state index contributed by atoms with van der Waals surface area (Å²) in [6.45, 7) is 11.4. The number of rotatable bonds is 4. The summed E-state index contributed by atoms with van der Waals surface area (Å²) >= 11 is 3.46. The minimum absolute atomic E-state index is 0.222. The van der Waals surface area contributed by atoms with Crippen LogP contribution in [-0.2, 0) is 19.1 Å². The molecule has 3 unspecified atom stereocenters. The number of aliphatic imine (C=N–C) groups is 1. The third kappa shape index (κ3) is 10.8. The minimum atomic E-state index is -1.20. The standard InChI is InChI=1S/C24H38N4O7S2/c1-13(29)25-17(18(30)31)15-11-14(19-36-9-8-10-37-19)12-16(15)26-20(27-21(32)34-23(2,3)4)28-22(33)35-24(5,6)7/h15-17H,8-12H2,1-7H3,(H,25,29)(H,30,31)(H2,26,27,28,32,33). The molecule has 11 nitrogen and oxygen atoms in total. The molecular formula is C24H38N4O7S2. The van der Waals surface area contributed by atoms with Crippen molar-refractivity contribution in [2.75, 3.05) is 11.5 Å². The minimum Gasteiger partial charge on any atom is -0.480 e. The van der Waals surface area contributed by atoms with E-state index in [1.54, 1.807) is 65.1 Å². The van der Waals surface area contributed by atoms with Crippen molar-refractivity contribution < 1.29 is 33.8 Å². The van der Waals surface area contributed by atoms with Gasteiger partial charge in [0.25, 0.3) is 0 Å². The lowest BCUT2D eigenvalue weighted by Crippen LogP contribution is -2.50. The lowest BCUT2D eigenvalue weighted by Gasteiger charge is -2.25. The Morgan fingerprint density at radius 2 is 1.46 bits per heavy atom. The lowest BCUT2D eigenvalue weighted by molar-refractivity contribution is -0.143. The van der Waals surface area contributed by atoms with E-state index < -0.39 is 53.3 Å². The quantitative estimate of drug-likeness (QED) is 0.297. The van der Waals surface area contributed by atoms with E-state index in [4.69, 9.17) is 9.47 Å². The molecule has 37 heavy (non-hydrogen) atoms. The van der Waals surface area contributed by atoms with Crippen LogP contribution in [0.1, 0.15) is 67.7 Å². The molecule has 0 spiro atoms. The summed E-state index contributed by atoms with van der Waals surface area (Å²) in [7, 11) is 0. The van der Waals surface area contributed by atoms with Crippen LogP contribution < -0.4 is 16.0 Å². The number of hydrogen-bond acceptors (Lipinski definition) is 9. The highest BCUT2D eigenvalue weighted by atomic mass is 32.2. The topological polar surface area (TPSA) is 155 Å². The number of thioether (sulfide) groups is 2. The van der Waals surface area contributed by atoms with Crippen LogP contribution in [0.15, 0.2) is 14.8 Å². The molecule has 4 N–H and O–H groups in total. The molecule has 1 aliphatic heterocycles. The monoisotopic (exact) mass is 558 g/mol. The third-order valence-electron chi connectivity index (χ3n) is 5.06. The number of amides is 3. The number of carboxylic acid groups (broad SMARTS) is 1. The molecule has 1 saturated carbocycles. The fourth-order valence-electron chi connectivity index (χ4n) is 3.82. The van der Waals surface area contributed by atoms with E-state index in [9.17, 15) is 24.3 Å². The number of guanidine groups is 1. The highest BCUT2D eigenvalue weighted by molar-refractivity contribution is 8.22. The van der Waals surface area contributed by atoms with Gasteiger partial charge in [0, 0.05) is 17.1 Å². The van der Waals surface area contributed by atoms with E-state index >= 15 is 0 Å². The fourth-order valence-corrected chi connectivity index (χ4v) is 6.53. The van der Waals surface area contributed by atoms with Gasteiger partial charge >= 0.3 is 18.2 Å². The summed E-state index contributed by atoms with van der Waals surface area (Å²) in [6, 6.07) is -1.86. The lowest BCUT2D eigenvalue weighted by atomic mass is 9.94. The summed E-state index contributed by atoms with van der Waals surface area (Å²) in [5.74, 6) is -0.536. The smallest absolute Gasteiger partial charge is 0.414 e. The van der Waals surface area contributed by atoms with Crippen LogP contribution in [0.2, 0.25) is 0 Å². The van der Waals surface area contributed by atoms with Gasteiger partial charge in [-0.1, -0.05) is 0 Å². The van der Waals surface area contributed by atoms with Crippen LogP contribution in [-0.4, -0.2) is 69.9 Å². The average molecular weight is 559 g/mol. The van der Waals surface area contributed by atoms with E-state index in [1.807, 2.05) is 0 Å². The van der Waals surface area contributed by atoms with Crippen molar-refractivity contribution >= 4 is 53.5 Å². The van der Waals surface area contributed by atoms with E-state index in [0.29, 0.717) is 12.8 Å². The molecule has 1 aliphatic carbocycles. The largest absolute Gasteiger partial charge is 0.480 e. The second-order valence-electron chi connectivity index (χ2n) is 10.8. The summed E-state index contributed by atoms with van der Waals surface area (Å²) < 4.78 is 11.8. The maximum atomic E-state index is 12.5. The van der Waals surface area contributed by atoms with Crippen molar-refractivity contribution in [3.63, 3.8) is 0 Å². The molecule has 0 radical (unpaired) electrons. The molecule has 1 saturated heterocycles.